The van der Waals surface area contributed by atoms with E-state index in [0.29, 0.717) is 22.7 Å². The Hall–Kier alpha value is -2.21. The van der Waals surface area contributed by atoms with E-state index in [2.05, 4.69) is 46.4 Å². The molecule has 0 radical (unpaired) electrons. The molecule has 0 spiro atoms. The van der Waals surface area contributed by atoms with Gasteiger partial charge in [0, 0.05) is 28.0 Å². The SMILES string of the molecule is Cc1ccccc1C1CCN(C2CCC(NC(=O)c3csc(-c4cccc(Cl)c4)n3)CC2)CC1. The molecule has 2 heterocycles. The van der Waals surface area contributed by atoms with Gasteiger partial charge in [0.1, 0.15) is 10.7 Å². The summed E-state index contributed by atoms with van der Waals surface area (Å²) in [6.07, 6.45) is 6.90. The van der Waals surface area contributed by atoms with E-state index < -0.39 is 0 Å². The van der Waals surface area contributed by atoms with Crippen molar-refractivity contribution < 1.29 is 4.79 Å². The van der Waals surface area contributed by atoms with Gasteiger partial charge < -0.3 is 10.2 Å². The summed E-state index contributed by atoms with van der Waals surface area (Å²) in [4.78, 5) is 20.1. The maximum Gasteiger partial charge on any atom is 0.270 e. The molecular formula is C28H32ClN3OS. The van der Waals surface area contributed by atoms with Gasteiger partial charge in [-0.2, -0.15) is 0 Å². The lowest BCUT2D eigenvalue weighted by Gasteiger charge is -2.41. The van der Waals surface area contributed by atoms with Crippen molar-refractivity contribution in [3.8, 4) is 10.6 Å². The number of aromatic nitrogens is 1. The van der Waals surface area contributed by atoms with Crippen LogP contribution in [0.3, 0.4) is 0 Å². The molecule has 6 heteroatoms. The van der Waals surface area contributed by atoms with Crippen molar-refractivity contribution in [1.82, 2.24) is 15.2 Å². The summed E-state index contributed by atoms with van der Waals surface area (Å²) >= 11 is 7.58. The van der Waals surface area contributed by atoms with Crippen LogP contribution in [0.5, 0.6) is 0 Å². The predicted molar refractivity (Wildman–Crippen MR) is 141 cm³/mol. The molecule has 1 aromatic heterocycles. The summed E-state index contributed by atoms with van der Waals surface area (Å²) in [5.74, 6) is 0.634. The van der Waals surface area contributed by atoms with Crippen LogP contribution < -0.4 is 5.32 Å². The Bertz CT molecular complexity index is 1130. The lowest BCUT2D eigenvalue weighted by atomic mass is 9.84. The molecule has 2 aromatic carbocycles. The Morgan fingerprint density at radius 1 is 1.03 bits per heavy atom. The second-order valence-corrected chi connectivity index (χ2v) is 11.0. The molecule has 1 saturated heterocycles. The summed E-state index contributed by atoms with van der Waals surface area (Å²) in [7, 11) is 0. The van der Waals surface area contributed by atoms with Crippen molar-refractivity contribution in [2.45, 2.75) is 63.5 Å². The van der Waals surface area contributed by atoms with Gasteiger partial charge in [-0.25, -0.2) is 4.98 Å². The number of thiazole rings is 1. The number of carbonyl (C=O) groups excluding carboxylic acids is 1. The van der Waals surface area contributed by atoms with E-state index in [1.165, 1.54) is 48.4 Å². The van der Waals surface area contributed by atoms with Crippen molar-refractivity contribution in [2.75, 3.05) is 13.1 Å². The Kier molecular flexibility index (Phi) is 7.33. The van der Waals surface area contributed by atoms with Crippen molar-refractivity contribution in [1.29, 1.82) is 0 Å². The highest BCUT2D eigenvalue weighted by molar-refractivity contribution is 7.13. The van der Waals surface area contributed by atoms with Crippen molar-refractivity contribution >= 4 is 28.8 Å². The number of hydrogen-bond donors (Lipinski definition) is 1. The zero-order chi connectivity index (χ0) is 23.5. The van der Waals surface area contributed by atoms with Crippen molar-refractivity contribution in [3.05, 3.63) is 75.8 Å². The zero-order valence-electron chi connectivity index (χ0n) is 19.7. The number of hydrogen-bond acceptors (Lipinski definition) is 4. The molecule has 0 bridgehead atoms. The third-order valence-electron chi connectivity index (χ3n) is 7.51. The fourth-order valence-corrected chi connectivity index (χ4v) is 6.58. The summed E-state index contributed by atoms with van der Waals surface area (Å²) in [5, 5.41) is 6.57. The van der Waals surface area contributed by atoms with E-state index in [0.717, 1.165) is 36.3 Å². The van der Waals surface area contributed by atoms with Crippen LogP contribution in [0.15, 0.2) is 53.9 Å². The molecule has 0 atom stereocenters. The number of amides is 1. The molecule has 2 aliphatic rings. The maximum atomic E-state index is 12.8. The first kappa shape index (κ1) is 23.5. The van der Waals surface area contributed by atoms with Crippen molar-refractivity contribution in [2.24, 2.45) is 0 Å². The normalized spacial score (nSPS) is 21.9. The summed E-state index contributed by atoms with van der Waals surface area (Å²) < 4.78 is 0. The Labute approximate surface area is 211 Å². The lowest BCUT2D eigenvalue weighted by molar-refractivity contribution is 0.0875. The van der Waals surface area contributed by atoms with Crippen LogP contribution >= 0.6 is 22.9 Å². The smallest absolute Gasteiger partial charge is 0.270 e. The van der Waals surface area contributed by atoms with E-state index in [1.54, 1.807) is 0 Å². The number of carbonyl (C=O) groups is 1. The molecule has 1 aliphatic heterocycles. The lowest BCUT2D eigenvalue weighted by Crippen LogP contribution is -2.46. The molecule has 4 nitrogen and oxygen atoms in total. The average Bonchev–Trinajstić information content (AvgIpc) is 3.36. The van der Waals surface area contributed by atoms with Gasteiger partial charge in [-0.1, -0.05) is 48.0 Å². The third kappa shape index (κ3) is 5.37. The largest absolute Gasteiger partial charge is 0.348 e. The number of piperidine rings is 1. The molecule has 0 unspecified atom stereocenters. The number of rotatable bonds is 5. The topological polar surface area (TPSA) is 45.2 Å². The average molecular weight is 494 g/mol. The Morgan fingerprint density at radius 2 is 1.79 bits per heavy atom. The first-order valence-corrected chi connectivity index (χ1v) is 13.6. The van der Waals surface area contributed by atoms with E-state index in [9.17, 15) is 4.79 Å². The van der Waals surface area contributed by atoms with E-state index in [4.69, 9.17) is 11.6 Å². The van der Waals surface area contributed by atoms with E-state index in [-0.39, 0.29) is 11.9 Å². The van der Waals surface area contributed by atoms with Gasteiger partial charge in [0.05, 0.1) is 0 Å². The van der Waals surface area contributed by atoms with Crippen LogP contribution in [0.4, 0.5) is 0 Å². The van der Waals surface area contributed by atoms with Crippen LogP contribution in [0.2, 0.25) is 5.02 Å². The second kappa shape index (κ2) is 10.6. The van der Waals surface area contributed by atoms with Crippen LogP contribution in [0.25, 0.3) is 10.6 Å². The van der Waals surface area contributed by atoms with Gasteiger partial charge in [-0.15, -0.1) is 11.3 Å². The Balaban J connectivity index is 1.10. The number of halogens is 1. The highest BCUT2D eigenvalue weighted by Gasteiger charge is 2.30. The van der Waals surface area contributed by atoms with Crippen LogP contribution in [0.1, 0.15) is 66.1 Å². The maximum absolute atomic E-state index is 12.8. The van der Waals surface area contributed by atoms with Gasteiger partial charge in [0.15, 0.2) is 0 Å². The van der Waals surface area contributed by atoms with Crippen molar-refractivity contribution in [3.63, 3.8) is 0 Å². The summed E-state index contributed by atoms with van der Waals surface area (Å²) in [5.41, 5.74) is 4.41. The number of aryl methyl sites for hydroxylation is 1. The molecule has 1 N–H and O–H groups in total. The molecule has 1 saturated carbocycles. The molecule has 1 amide bonds. The van der Waals surface area contributed by atoms with Gasteiger partial charge in [0.25, 0.3) is 5.91 Å². The second-order valence-electron chi connectivity index (χ2n) is 9.69. The first-order chi connectivity index (χ1) is 16.6. The molecule has 3 aromatic rings. The molecule has 1 aliphatic carbocycles. The minimum absolute atomic E-state index is 0.0629. The van der Waals surface area contributed by atoms with Crippen LogP contribution in [-0.4, -0.2) is 41.0 Å². The molecular weight excluding hydrogens is 462 g/mol. The van der Waals surface area contributed by atoms with Gasteiger partial charge in [0.2, 0.25) is 0 Å². The number of likely N-dealkylation sites (tertiary alicyclic amines) is 1. The van der Waals surface area contributed by atoms with Crippen LogP contribution in [0, 0.1) is 6.92 Å². The van der Waals surface area contributed by atoms with E-state index in [1.807, 2.05) is 29.6 Å². The highest BCUT2D eigenvalue weighted by Crippen LogP contribution is 2.33. The fraction of sp³-hybridized carbons (Fsp3) is 0.429. The monoisotopic (exact) mass is 493 g/mol. The molecule has 5 rings (SSSR count). The minimum atomic E-state index is -0.0629. The quantitative estimate of drug-likeness (QED) is 0.430. The van der Waals surface area contributed by atoms with Gasteiger partial charge in [-0.3, -0.25) is 4.79 Å². The standard InChI is InChI=1S/C28H32ClN3OS/c1-19-5-2-3-8-25(19)20-13-15-32(16-14-20)24-11-9-23(10-12-24)30-27(33)26-18-34-28(31-26)21-6-4-7-22(29)17-21/h2-8,17-18,20,23-24H,9-16H2,1H3,(H,30,33). The summed E-state index contributed by atoms with van der Waals surface area (Å²) in [6, 6.07) is 17.3. The van der Waals surface area contributed by atoms with Gasteiger partial charge in [-0.05, 0) is 87.7 Å². The first-order valence-electron chi connectivity index (χ1n) is 12.4. The Morgan fingerprint density at radius 3 is 2.53 bits per heavy atom. The molecule has 34 heavy (non-hydrogen) atoms. The third-order valence-corrected chi connectivity index (χ3v) is 8.64. The minimum Gasteiger partial charge on any atom is -0.348 e. The number of nitrogens with zero attached hydrogens (tertiary/aromatic N) is 2. The summed E-state index contributed by atoms with van der Waals surface area (Å²) in [6.45, 7) is 4.61. The highest BCUT2D eigenvalue weighted by atomic mass is 35.5. The molecule has 2 fully saturated rings. The zero-order valence-corrected chi connectivity index (χ0v) is 21.2. The predicted octanol–water partition coefficient (Wildman–Crippen LogP) is 6.69. The number of benzene rings is 2. The van der Waals surface area contributed by atoms with Crippen LogP contribution in [-0.2, 0) is 0 Å². The fourth-order valence-electron chi connectivity index (χ4n) is 5.60. The van der Waals surface area contributed by atoms with E-state index >= 15 is 0 Å². The van der Waals surface area contributed by atoms with Gasteiger partial charge >= 0.3 is 0 Å². The molecule has 178 valence electrons. The number of nitrogens with one attached hydrogen (secondary N) is 1.